The van der Waals surface area contributed by atoms with Crippen LogP contribution in [-0.2, 0) is 35.3 Å². The van der Waals surface area contributed by atoms with E-state index < -0.39 is 17.8 Å². The van der Waals surface area contributed by atoms with Crippen molar-refractivity contribution in [1.29, 1.82) is 0 Å². The van der Waals surface area contributed by atoms with Crippen molar-refractivity contribution in [2.75, 3.05) is 18.4 Å². The Balaban J connectivity index is 1.39. The lowest BCUT2D eigenvalue weighted by molar-refractivity contribution is -0.138. The number of rotatable bonds is 4. The number of anilines is 1. The molecule has 2 aliphatic rings. The fraction of sp³-hybridized carbons (Fsp3) is 0.440. The van der Waals surface area contributed by atoms with Crippen molar-refractivity contribution in [2.24, 2.45) is 0 Å². The third-order valence-corrected chi connectivity index (χ3v) is 6.90. The summed E-state index contributed by atoms with van der Waals surface area (Å²) < 4.78 is 38.9. The summed E-state index contributed by atoms with van der Waals surface area (Å²) in [4.78, 5) is 28.4. The first-order chi connectivity index (χ1) is 16.1. The maximum atomic E-state index is 13.0. The lowest BCUT2D eigenvalue weighted by Crippen LogP contribution is -2.49. The summed E-state index contributed by atoms with van der Waals surface area (Å²) in [5, 5.41) is 3.38. The highest BCUT2D eigenvalue weighted by atomic mass is 35.5. The van der Waals surface area contributed by atoms with Gasteiger partial charge >= 0.3 is 6.18 Å². The number of hydrogen-bond donors (Lipinski definition) is 1. The van der Waals surface area contributed by atoms with Crippen molar-refractivity contribution in [3.63, 3.8) is 0 Å². The van der Waals surface area contributed by atoms with E-state index in [1.54, 1.807) is 23.1 Å². The highest BCUT2D eigenvalue weighted by molar-refractivity contribution is 6.31. The van der Waals surface area contributed by atoms with Crippen LogP contribution in [-0.4, -0.2) is 40.7 Å². The normalized spacial score (nSPS) is 19.0. The Hall–Kier alpha value is -2.58. The minimum atomic E-state index is -4.34. The van der Waals surface area contributed by atoms with Gasteiger partial charge in [-0.25, -0.2) is 0 Å². The Morgan fingerprint density at radius 3 is 2.59 bits per heavy atom. The van der Waals surface area contributed by atoms with Crippen molar-refractivity contribution < 1.29 is 22.8 Å². The number of carbonyl (C=O) groups is 2. The maximum absolute atomic E-state index is 13.0. The van der Waals surface area contributed by atoms with Crippen molar-refractivity contribution >= 4 is 29.1 Å². The molecule has 34 heavy (non-hydrogen) atoms. The smallest absolute Gasteiger partial charge is 0.331 e. The van der Waals surface area contributed by atoms with Gasteiger partial charge in [0.1, 0.15) is 6.04 Å². The van der Waals surface area contributed by atoms with Gasteiger partial charge in [0.25, 0.3) is 0 Å². The maximum Gasteiger partial charge on any atom is 0.416 e. The third-order valence-electron chi connectivity index (χ3n) is 6.55. The van der Waals surface area contributed by atoms with E-state index in [4.69, 9.17) is 11.6 Å². The van der Waals surface area contributed by atoms with Gasteiger partial charge in [-0.3, -0.25) is 14.5 Å². The van der Waals surface area contributed by atoms with Gasteiger partial charge in [0.15, 0.2) is 0 Å². The van der Waals surface area contributed by atoms with E-state index in [9.17, 15) is 22.8 Å². The largest absolute Gasteiger partial charge is 0.416 e. The quantitative estimate of drug-likeness (QED) is 0.632. The van der Waals surface area contributed by atoms with E-state index in [2.05, 4.69) is 10.2 Å². The van der Waals surface area contributed by atoms with Crippen LogP contribution in [0.25, 0.3) is 0 Å². The van der Waals surface area contributed by atoms with E-state index in [0.717, 1.165) is 35.6 Å². The number of likely N-dealkylation sites (tertiary alicyclic amines) is 1. The van der Waals surface area contributed by atoms with E-state index in [-0.39, 0.29) is 11.8 Å². The van der Waals surface area contributed by atoms with Crippen LogP contribution < -0.4 is 5.32 Å². The monoisotopic (exact) mass is 493 g/mol. The van der Waals surface area contributed by atoms with Crippen molar-refractivity contribution in [3.8, 4) is 0 Å². The zero-order valence-electron chi connectivity index (χ0n) is 18.9. The van der Waals surface area contributed by atoms with Gasteiger partial charge < -0.3 is 10.2 Å². The first-order valence-corrected chi connectivity index (χ1v) is 11.8. The van der Waals surface area contributed by atoms with E-state index in [1.165, 1.54) is 13.0 Å². The number of nitrogens with one attached hydrogen (secondary N) is 1. The highest BCUT2D eigenvalue weighted by Crippen LogP contribution is 2.33. The summed E-state index contributed by atoms with van der Waals surface area (Å²) in [5.74, 6) is -0.324. The van der Waals surface area contributed by atoms with Gasteiger partial charge in [-0.05, 0) is 66.6 Å². The fourth-order valence-corrected chi connectivity index (χ4v) is 4.96. The molecule has 4 rings (SSSR count). The Morgan fingerprint density at radius 2 is 1.88 bits per heavy atom. The molecule has 0 unspecified atom stereocenters. The van der Waals surface area contributed by atoms with Crippen LogP contribution in [0.1, 0.15) is 48.4 Å². The second-order valence-electron chi connectivity index (χ2n) is 8.96. The molecular weight excluding hydrogens is 467 g/mol. The highest BCUT2D eigenvalue weighted by Gasteiger charge is 2.32. The third kappa shape index (κ3) is 5.55. The van der Waals surface area contributed by atoms with Gasteiger partial charge in [-0.15, -0.1) is 0 Å². The topological polar surface area (TPSA) is 52.7 Å². The summed E-state index contributed by atoms with van der Waals surface area (Å²) in [6.45, 7) is 3.79. The van der Waals surface area contributed by atoms with Gasteiger partial charge in [0.05, 0.1) is 5.56 Å². The number of hydrogen-bond acceptors (Lipinski definition) is 3. The second kappa shape index (κ2) is 9.96. The van der Waals surface area contributed by atoms with Crippen LogP contribution in [0, 0.1) is 0 Å². The molecule has 0 saturated carbocycles. The van der Waals surface area contributed by atoms with E-state index in [0.29, 0.717) is 49.7 Å². The number of benzene rings is 2. The molecule has 2 aromatic carbocycles. The van der Waals surface area contributed by atoms with Gasteiger partial charge in [0, 0.05) is 43.8 Å². The SMILES string of the molecule is CC(=O)N1CCCC[C@@H]1C(=O)Nc1ccc(CN2CCc3cc(C(F)(F)F)ccc3C2)c(Cl)c1. The van der Waals surface area contributed by atoms with E-state index >= 15 is 0 Å². The van der Waals surface area contributed by atoms with Crippen LogP contribution in [0.5, 0.6) is 0 Å². The van der Waals surface area contributed by atoms with Crippen LogP contribution in [0.4, 0.5) is 18.9 Å². The lowest BCUT2D eigenvalue weighted by atomic mass is 9.96. The average molecular weight is 494 g/mol. The summed E-state index contributed by atoms with van der Waals surface area (Å²) in [6, 6.07) is 8.79. The van der Waals surface area contributed by atoms with Crippen LogP contribution in [0.15, 0.2) is 36.4 Å². The number of halogens is 4. The molecule has 9 heteroatoms. The number of piperidine rings is 1. The molecule has 2 aromatic rings. The predicted octanol–water partition coefficient (Wildman–Crippen LogP) is 5.26. The molecule has 5 nitrogen and oxygen atoms in total. The molecule has 1 atom stereocenters. The minimum absolute atomic E-state index is 0.106. The molecule has 0 radical (unpaired) electrons. The average Bonchev–Trinajstić information content (AvgIpc) is 2.79. The molecule has 0 bridgehead atoms. The molecule has 1 N–H and O–H groups in total. The van der Waals surface area contributed by atoms with Crippen LogP contribution in [0.3, 0.4) is 0 Å². The summed E-state index contributed by atoms with van der Waals surface area (Å²) >= 11 is 6.50. The van der Waals surface area contributed by atoms with Crippen molar-refractivity contribution in [3.05, 3.63) is 63.7 Å². The minimum Gasteiger partial charge on any atom is -0.331 e. The molecule has 1 saturated heterocycles. The number of carbonyl (C=O) groups excluding carboxylic acids is 2. The number of nitrogens with zero attached hydrogens (tertiary/aromatic N) is 2. The zero-order valence-corrected chi connectivity index (χ0v) is 19.7. The number of alkyl halides is 3. The lowest BCUT2D eigenvalue weighted by Gasteiger charge is -2.34. The Labute approximate surface area is 201 Å². The number of amides is 2. The summed E-state index contributed by atoms with van der Waals surface area (Å²) in [5.41, 5.74) is 2.45. The Morgan fingerprint density at radius 1 is 1.09 bits per heavy atom. The summed E-state index contributed by atoms with van der Waals surface area (Å²) in [6.07, 6.45) is -1.36. The molecule has 182 valence electrons. The Bertz CT molecular complexity index is 1090. The van der Waals surface area contributed by atoms with Gasteiger partial charge in [-0.2, -0.15) is 13.2 Å². The van der Waals surface area contributed by atoms with E-state index in [1.807, 2.05) is 6.07 Å². The van der Waals surface area contributed by atoms with Gasteiger partial charge in [0.2, 0.25) is 11.8 Å². The van der Waals surface area contributed by atoms with Gasteiger partial charge in [-0.1, -0.05) is 23.7 Å². The first-order valence-electron chi connectivity index (χ1n) is 11.4. The molecule has 0 aliphatic carbocycles. The van der Waals surface area contributed by atoms with Crippen LogP contribution >= 0.6 is 11.6 Å². The Kier molecular flexibility index (Phi) is 7.19. The summed E-state index contributed by atoms with van der Waals surface area (Å²) in [7, 11) is 0. The molecule has 0 aromatic heterocycles. The second-order valence-corrected chi connectivity index (χ2v) is 9.37. The predicted molar refractivity (Wildman–Crippen MR) is 124 cm³/mol. The molecule has 2 heterocycles. The zero-order chi connectivity index (χ0) is 24.5. The van der Waals surface area contributed by atoms with Crippen molar-refractivity contribution in [1.82, 2.24) is 9.80 Å². The molecule has 1 fully saturated rings. The molecule has 2 amide bonds. The first kappa shape index (κ1) is 24.5. The molecule has 0 spiro atoms. The van der Waals surface area contributed by atoms with Crippen molar-refractivity contribution in [2.45, 2.75) is 57.9 Å². The molecular formula is C25H27ClF3N3O2. The fourth-order valence-electron chi connectivity index (χ4n) is 4.72. The standard InChI is InChI=1S/C25H27ClF3N3O2/c1-16(33)32-10-3-2-4-23(32)24(34)30-21-8-6-19(22(26)13-21)15-31-11-9-17-12-20(25(27,28)29)7-5-18(17)14-31/h5-8,12-13,23H,2-4,9-11,14-15H2,1H3,(H,30,34)/t23-/m1/s1. The number of fused-ring (bicyclic) bond motifs is 1. The molecule has 2 aliphatic heterocycles. The van der Waals surface area contributed by atoms with Crippen LogP contribution in [0.2, 0.25) is 5.02 Å².